The molecule has 0 aromatic heterocycles. The predicted octanol–water partition coefficient (Wildman–Crippen LogP) is 0.0909. The van der Waals surface area contributed by atoms with Crippen LogP contribution >= 0.6 is 0 Å². The van der Waals surface area contributed by atoms with Crippen molar-refractivity contribution in [1.82, 2.24) is 4.90 Å². The van der Waals surface area contributed by atoms with Crippen LogP contribution in [0.1, 0.15) is 11.1 Å². The summed E-state index contributed by atoms with van der Waals surface area (Å²) in [6.07, 6.45) is 0.955. The van der Waals surface area contributed by atoms with Gasteiger partial charge in [0.15, 0.2) is 0 Å². The zero-order chi connectivity index (χ0) is 12.8. The first-order valence-electron chi connectivity index (χ1n) is 6.00. The fourth-order valence-corrected chi connectivity index (χ4v) is 3.04. The van der Waals surface area contributed by atoms with Crippen LogP contribution in [0.25, 0.3) is 0 Å². The molecule has 2 N–H and O–H groups in total. The van der Waals surface area contributed by atoms with Crippen molar-refractivity contribution >= 4 is 10.0 Å². The molecule has 0 saturated carbocycles. The highest BCUT2D eigenvalue weighted by molar-refractivity contribution is 7.89. The first kappa shape index (κ1) is 12.1. The Morgan fingerprint density at radius 3 is 2.67 bits per heavy atom. The normalized spacial score (nSPS) is 21.4. The van der Waals surface area contributed by atoms with Crippen LogP contribution < -0.4 is 5.14 Å². The maximum absolute atomic E-state index is 11.3. The third kappa shape index (κ3) is 2.16. The van der Waals surface area contributed by atoms with Crippen molar-refractivity contribution in [3.8, 4) is 0 Å². The van der Waals surface area contributed by atoms with Crippen molar-refractivity contribution in [3.05, 3.63) is 29.3 Å². The first-order chi connectivity index (χ1) is 8.54. The molecular weight excluding hydrogens is 252 g/mol. The lowest BCUT2D eigenvalue weighted by Gasteiger charge is -2.40. The summed E-state index contributed by atoms with van der Waals surface area (Å²) in [7, 11) is -3.61. The molecule has 5 nitrogen and oxygen atoms in total. The summed E-state index contributed by atoms with van der Waals surface area (Å²) in [5.74, 6) is 0. The smallest absolute Gasteiger partial charge is 0.238 e. The number of benzene rings is 1. The van der Waals surface area contributed by atoms with Crippen LogP contribution in [0, 0.1) is 0 Å². The number of nitrogens with zero attached hydrogens (tertiary/aromatic N) is 1. The molecule has 18 heavy (non-hydrogen) atoms. The zero-order valence-corrected chi connectivity index (χ0v) is 10.8. The van der Waals surface area contributed by atoms with Crippen LogP contribution in [0.4, 0.5) is 0 Å². The van der Waals surface area contributed by atoms with E-state index in [-0.39, 0.29) is 4.90 Å². The van der Waals surface area contributed by atoms with Gasteiger partial charge in [0.2, 0.25) is 10.0 Å². The summed E-state index contributed by atoms with van der Waals surface area (Å²) < 4.78 is 27.9. The minimum Gasteiger partial charge on any atom is -0.378 e. The lowest BCUT2D eigenvalue weighted by Crippen LogP contribution is -2.50. The fourth-order valence-electron chi connectivity index (χ4n) is 2.48. The quantitative estimate of drug-likeness (QED) is 0.825. The average Bonchev–Trinajstić information content (AvgIpc) is 2.24. The lowest BCUT2D eigenvalue weighted by atomic mass is 9.98. The van der Waals surface area contributed by atoms with Gasteiger partial charge < -0.3 is 4.74 Å². The number of primary sulfonamides is 1. The van der Waals surface area contributed by atoms with E-state index in [2.05, 4.69) is 4.90 Å². The van der Waals surface area contributed by atoms with Gasteiger partial charge in [0, 0.05) is 13.1 Å². The van der Waals surface area contributed by atoms with Crippen LogP contribution in [0.5, 0.6) is 0 Å². The molecule has 6 heteroatoms. The lowest BCUT2D eigenvalue weighted by molar-refractivity contribution is -0.0695. The molecule has 0 bridgehead atoms. The van der Waals surface area contributed by atoms with Crippen molar-refractivity contribution in [2.24, 2.45) is 5.14 Å². The predicted molar refractivity (Wildman–Crippen MR) is 66.5 cm³/mol. The summed E-state index contributed by atoms with van der Waals surface area (Å²) in [5.41, 5.74) is 2.29. The monoisotopic (exact) mass is 268 g/mol. The van der Waals surface area contributed by atoms with E-state index in [1.54, 1.807) is 12.1 Å². The Balaban J connectivity index is 1.88. The van der Waals surface area contributed by atoms with Crippen molar-refractivity contribution in [2.45, 2.75) is 23.9 Å². The van der Waals surface area contributed by atoms with Crippen LogP contribution in [0.3, 0.4) is 0 Å². The molecular formula is C12H16N2O3S. The van der Waals surface area contributed by atoms with E-state index in [4.69, 9.17) is 9.88 Å². The van der Waals surface area contributed by atoms with Gasteiger partial charge in [0.05, 0.1) is 24.2 Å². The van der Waals surface area contributed by atoms with E-state index < -0.39 is 10.0 Å². The van der Waals surface area contributed by atoms with Gasteiger partial charge >= 0.3 is 0 Å². The van der Waals surface area contributed by atoms with E-state index in [0.29, 0.717) is 6.04 Å². The second kappa shape index (κ2) is 4.31. The number of hydrogen-bond acceptors (Lipinski definition) is 4. The molecule has 0 amide bonds. The Labute approximate surface area is 107 Å². The molecule has 0 radical (unpaired) electrons. The molecule has 2 heterocycles. The summed E-state index contributed by atoms with van der Waals surface area (Å²) in [6, 6.07) is 5.66. The Kier molecular flexibility index (Phi) is 2.90. The molecule has 1 aromatic carbocycles. The molecule has 98 valence electrons. The maximum atomic E-state index is 11.3. The first-order valence-corrected chi connectivity index (χ1v) is 7.55. The van der Waals surface area contributed by atoms with Gasteiger partial charge in [-0.25, -0.2) is 13.6 Å². The average molecular weight is 268 g/mol. The van der Waals surface area contributed by atoms with Crippen molar-refractivity contribution < 1.29 is 13.2 Å². The molecule has 3 rings (SSSR count). The van der Waals surface area contributed by atoms with E-state index >= 15 is 0 Å². The molecule has 2 aliphatic rings. The molecule has 1 fully saturated rings. The van der Waals surface area contributed by atoms with Gasteiger partial charge in [0.25, 0.3) is 0 Å². The van der Waals surface area contributed by atoms with Gasteiger partial charge in [-0.15, -0.1) is 0 Å². The topological polar surface area (TPSA) is 72.6 Å². The van der Waals surface area contributed by atoms with Crippen LogP contribution in [-0.2, 0) is 27.7 Å². The Hall–Kier alpha value is -0.950. The minimum absolute atomic E-state index is 0.202. The highest BCUT2D eigenvalue weighted by Crippen LogP contribution is 2.25. The van der Waals surface area contributed by atoms with E-state index in [1.165, 1.54) is 5.56 Å². The van der Waals surface area contributed by atoms with Crippen LogP contribution in [-0.4, -0.2) is 39.1 Å². The fraction of sp³-hybridized carbons (Fsp3) is 0.500. The molecule has 1 aromatic rings. The summed E-state index contributed by atoms with van der Waals surface area (Å²) in [4.78, 5) is 2.55. The van der Waals surface area contributed by atoms with Crippen LogP contribution in [0.2, 0.25) is 0 Å². The number of ether oxygens (including phenoxy) is 1. The van der Waals surface area contributed by atoms with Gasteiger partial charge in [-0.3, -0.25) is 4.90 Å². The summed E-state index contributed by atoms with van der Waals surface area (Å²) in [5, 5.41) is 5.16. The van der Waals surface area contributed by atoms with Crippen molar-refractivity contribution in [1.29, 1.82) is 0 Å². The highest BCUT2D eigenvalue weighted by atomic mass is 32.2. The molecule has 0 spiro atoms. The van der Waals surface area contributed by atoms with Gasteiger partial charge in [-0.2, -0.15) is 0 Å². The van der Waals surface area contributed by atoms with E-state index in [1.807, 2.05) is 6.07 Å². The highest BCUT2D eigenvalue weighted by Gasteiger charge is 2.29. The Morgan fingerprint density at radius 1 is 1.28 bits per heavy atom. The van der Waals surface area contributed by atoms with E-state index in [9.17, 15) is 8.42 Å². The van der Waals surface area contributed by atoms with Crippen LogP contribution in [0.15, 0.2) is 23.1 Å². The second-order valence-corrected chi connectivity index (χ2v) is 6.45. The minimum atomic E-state index is -3.61. The number of rotatable bonds is 2. The maximum Gasteiger partial charge on any atom is 0.238 e. The number of sulfonamides is 1. The van der Waals surface area contributed by atoms with E-state index in [0.717, 1.165) is 38.3 Å². The van der Waals surface area contributed by atoms with Gasteiger partial charge in [0.1, 0.15) is 0 Å². The zero-order valence-electron chi connectivity index (χ0n) is 10.0. The molecule has 1 saturated heterocycles. The van der Waals surface area contributed by atoms with Crippen molar-refractivity contribution in [2.75, 3.05) is 19.8 Å². The molecule has 0 unspecified atom stereocenters. The molecule has 0 atom stereocenters. The Morgan fingerprint density at radius 2 is 2.06 bits per heavy atom. The summed E-state index contributed by atoms with van der Waals surface area (Å²) >= 11 is 0. The largest absolute Gasteiger partial charge is 0.378 e. The van der Waals surface area contributed by atoms with Gasteiger partial charge in [-0.05, 0) is 29.7 Å². The standard InChI is InChI=1S/C12H16N2O3S/c13-18(15,16)12-2-1-9-3-4-14(6-10(9)5-12)11-7-17-8-11/h1-2,5,11H,3-4,6-8H2,(H2,13,15,16). The van der Waals surface area contributed by atoms with Crippen molar-refractivity contribution in [3.63, 3.8) is 0 Å². The number of hydrogen-bond donors (Lipinski definition) is 1. The third-order valence-electron chi connectivity index (χ3n) is 3.68. The second-order valence-electron chi connectivity index (χ2n) is 4.89. The number of fused-ring (bicyclic) bond motifs is 1. The number of nitrogens with two attached hydrogens (primary N) is 1. The SMILES string of the molecule is NS(=O)(=O)c1ccc2c(c1)CN(C1COC1)CC2. The summed E-state index contributed by atoms with van der Waals surface area (Å²) in [6.45, 7) is 3.36. The Bertz CT molecular complexity index is 567. The molecule has 0 aliphatic carbocycles. The van der Waals surface area contributed by atoms with Gasteiger partial charge in [-0.1, -0.05) is 6.07 Å². The third-order valence-corrected chi connectivity index (χ3v) is 4.60. The molecule has 2 aliphatic heterocycles.